The van der Waals surface area contributed by atoms with Crippen molar-refractivity contribution in [1.29, 1.82) is 0 Å². The first kappa shape index (κ1) is 23.8. The maximum absolute atomic E-state index is 13.1. The third-order valence-corrected chi connectivity index (χ3v) is 4.52. The first-order valence-electron chi connectivity index (χ1n) is 9.87. The van der Waals surface area contributed by atoms with E-state index in [9.17, 15) is 9.18 Å². The summed E-state index contributed by atoms with van der Waals surface area (Å²) in [5.74, 6) is 5.40. The van der Waals surface area contributed by atoms with Gasteiger partial charge in [0.2, 0.25) is 5.91 Å². The summed E-state index contributed by atoms with van der Waals surface area (Å²) in [6, 6.07) is 11.7. The van der Waals surface area contributed by atoms with Gasteiger partial charge in [-0.25, -0.2) is 4.39 Å². The molecule has 0 saturated carbocycles. The molecule has 2 aromatic rings. The topological polar surface area (TPSA) is 56.8 Å². The highest BCUT2D eigenvalue weighted by molar-refractivity contribution is 5.80. The molecule has 0 unspecified atom stereocenters. The zero-order chi connectivity index (χ0) is 22.5. The molecule has 5 nitrogen and oxygen atoms in total. The van der Waals surface area contributed by atoms with Crippen LogP contribution in [0.3, 0.4) is 0 Å². The second-order valence-electron chi connectivity index (χ2n) is 6.69. The van der Waals surface area contributed by atoms with E-state index in [-0.39, 0.29) is 24.9 Å². The summed E-state index contributed by atoms with van der Waals surface area (Å²) in [6.07, 6.45) is 11.4. The van der Waals surface area contributed by atoms with Gasteiger partial charge in [-0.05, 0) is 54.7 Å². The number of hydrogen-bond acceptors (Lipinski definition) is 4. The summed E-state index contributed by atoms with van der Waals surface area (Å²) in [5.41, 5.74) is 1.89. The third kappa shape index (κ3) is 8.04. The zero-order valence-electron chi connectivity index (χ0n) is 17.5. The first-order valence-corrected chi connectivity index (χ1v) is 9.87. The van der Waals surface area contributed by atoms with E-state index in [0.29, 0.717) is 37.3 Å². The van der Waals surface area contributed by atoms with Crippen molar-refractivity contribution in [2.24, 2.45) is 0 Å². The van der Waals surface area contributed by atoms with Crippen LogP contribution in [0.15, 0.2) is 42.5 Å². The summed E-state index contributed by atoms with van der Waals surface area (Å²) >= 11 is 0. The van der Waals surface area contributed by atoms with Gasteiger partial charge in [-0.2, -0.15) is 0 Å². The number of halogens is 1. The summed E-state index contributed by atoms with van der Waals surface area (Å²) in [4.78, 5) is 12.6. The molecule has 0 spiro atoms. The number of terminal acetylenes is 2. The minimum atomic E-state index is -0.685. The van der Waals surface area contributed by atoms with E-state index in [0.717, 1.165) is 11.1 Å². The predicted octanol–water partition coefficient (Wildman–Crippen LogP) is 3.16. The Kier molecular flexibility index (Phi) is 9.94. The summed E-state index contributed by atoms with van der Waals surface area (Å²) in [5, 5.41) is 2.88. The minimum absolute atomic E-state index is 0.0395. The SMILES string of the molecule is C#CCOc1ccc(CCNC(=O)[C@@H](CCc2ccc(F)cc2)OCC#C)cc1OC. The van der Waals surface area contributed by atoms with Crippen LogP contribution in [0.2, 0.25) is 0 Å². The standard InChI is InChI=1S/C25H26FNO4/c1-4-16-30-22-12-9-20(18-24(22)29-3)14-15-27-25(28)23(31-17-5-2)13-8-19-6-10-21(26)11-7-19/h1-2,6-7,9-12,18,23H,8,13-17H2,3H3,(H,27,28)/t23-/m1/s1. The highest BCUT2D eigenvalue weighted by atomic mass is 19.1. The molecular formula is C25H26FNO4. The number of ether oxygens (including phenoxy) is 3. The van der Waals surface area contributed by atoms with Crippen LogP contribution in [-0.2, 0) is 22.4 Å². The Labute approximate surface area is 182 Å². The molecule has 0 aliphatic rings. The quantitative estimate of drug-likeness (QED) is 0.533. The van der Waals surface area contributed by atoms with E-state index in [4.69, 9.17) is 27.1 Å². The lowest BCUT2D eigenvalue weighted by atomic mass is 10.1. The van der Waals surface area contributed by atoms with Crippen molar-refractivity contribution < 1.29 is 23.4 Å². The normalized spacial score (nSPS) is 11.1. The Bertz CT molecular complexity index is 928. The van der Waals surface area contributed by atoms with Gasteiger partial charge in [0, 0.05) is 6.54 Å². The zero-order valence-corrected chi connectivity index (χ0v) is 17.5. The second kappa shape index (κ2) is 13.0. The van der Waals surface area contributed by atoms with E-state index in [1.54, 1.807) is 25.3 Å². The fourth-order valence-corrected chi connectivity index (χ4v) is 2.94. The van der Waals surface area contributed by atoms with Gasteiger partial charge < -0.3 is 19.5 Å². The van der Waals surface area contributed by atoms with Crippen LogP contribution in [0.25, 0.3) is 0 Å². The Hall–Kier alpha value is -3.48. The Balaban J connectivity index is 1.89. The van der Waals surface area contributed by atoms with E-state index in [1.807, 2.05) is 12.1 Å². The maximum Gasteiger partial charge on any atom is 0.249 e. The number of aryl methyl sites for hydroxylation is 1. The lowest BCUT2D eigenvalue weighted by molar-refractivity contribution is -0.132. The average molecular weight is 423 g/mol. The number of carbonyl (C=O) groups is 1. The number of hydrogen-bond donors (Lipinski definition) is 1. The van der Waals surface area contributed by atoms with Gasteiger partial charge in [-0.1, -0.05) is 30.0 Å². The highest BCUT2D eigenvalue weighted by Crippen LogP contribution is 2.28. The molecule has 0 heterocycles. The van der Waals surface area contributed by atoms with Gasteiger partial charge in [-0.15, -0.1) is 12.8 Å². The predicted molar refractivity (Wildman–Crippen MR) is 117 cm³/mol. The van der Waals surface area contributed by atoms with Crippen molar-refractivity contribution >= 4 is 5.91 Å². The maximum atomic E-state index is 13.1. The van der Waals surface area contributed by atoms with Crippen LogP contribution in [0, 0.1) is 30.5 Å². The molecule has 1 N–H and O–H groups in total. The van der Waals surface area contributed by atoms with Gasteiger partial charge in [-0.3, -0.25) is 4.79 Å². The molecule has 2 aromatic carbocycles. The van der Waals surface area contributed by atoms with E-state index >= 15 is 0 Å². The summed E-state index contributed by atoms with van der Waals surface area (Å²) in [7, 11) is 1.55. The molecule has 0 aliphatic carbocycles. The largest absolute Gasteiger partial charge is 0.493 e. The van der Waals surface area contributed by atoms with Gasteiger partial charge in [0.15, 0.2) is 11.5 Å². The van der Waals surface area contributed by atoms with Crippen molar-refractivity contribution in [1.82, 2.24) is 5.32 Å². The van der Waals surface area contributed by atoms with Crippen molar-refractivity contribution in [3.05, 3.63) is 59.4 Å². The van der Waals surface area contributed by atoms with Crippen molar-refractivity contribution in [2.45, 2.75) is 25.4 Å². The monoisotopic (exact) mass is 423 g/mol. The van der Waals surface area contributed by atoms with Crippen LogP contribution in [0.4, 0.5) is 4.39 Å². The first-order chi connectivity index (χ1) is 15.1. The van der Waals surface area contributed by atoms with Crippen molar-refractivity contribution in [3.63, 3.8) is 0 Å². The molecule has 0 saturated heterocycles. The highest BCUT2D eigenvalue weighted by Gasteiger charge is 2.18. The second-order valence-corrected chi connectivity index (χ2v) is 6.69. The van der Waals surface area contributed by atoms with Crippen molar-refractivity contribution in [2.75, 3.05) is 26.9 Å². The van der Waals surface area contributed by atoms with E-state index in [1.165, 1.54) is 12.1 Å². The molecule has 162 valence electrons. The van der Waals surface area contributed by atoms with Gasteiger partial charge in [0.25, 0.3) is 0 Å². The Morgan fingerprint density at radius 2 is 1.74 bits per heavy atom. The number of carbonyl (C=O) groups excluding carboxylic acids is 1. The Morgan fingerprint density at radius 3 is 2.42 bits per heavy atom. The molecule has 31 heavy (non-hydrogen) atoms. The fraction of sp³-hybridized carbons (Fsp3) is 0.320. The fourth-order valence-electron chi connectivity index (χ4n) is 2.94. The molecule has 0 bridgehead atoms. The molecule has 6 heteroatoms. The molecule has 2 rings (SSSR count). The average Bonchev–Trinajstić information content (AvgIpc) is 2.79. The summed E-state index contributed by atoms with van der Waals surface area (Å²) in [6.45, 7) is 0.611. The molecule has 1 amide bonds. The number of nitrogens with one attached hydrogen (secondary N) is 1. The van der Waals surface area contributed by atoms with E-state index < -0.39 is 6.10 Å². The number of benzene rings is 2. The minimum Gasteiger partial charge on any atom is -0.493 e. The summed E-state index contributed by atoms with van der Waals surface area (Å²) < 4.78 is 29.3. The number of methoxy groups -OCH3 is 1. The van der Waals surface area contributed by atoms with Gasteiger partial charge >= 0.3 is 0 Å². The molecule has 0 aliphatic heterocycles. The number of amides is 1. The van der Waals surface area contributed by atoms with Crippen LogP contribution in [-0.4, -0.2) is 38.9 Å². The Morgan fingerprint density at radius 1 is 1.03 bits per heavy atom. The molecule has 1 atom stereocenters. The lowest BCUT2D eigenvalue weighted by Gasteiger charge is -2.17. The van der Waals surface area contributed by atoms with Crippen LogP contribution >= 0.6 is 0 Å². The smallest absolute Gasteiger partial charge is 0.249 e. The molecular weight excluding hydrogens is 397 g/mol. The van der Waals surface area contributed by atoms with Gasteiger partial charge in [0.1, 0.15) is 25.1 Å². The third-order valence-electron chi connectivity index (χ3n) is 4.52. The molecule has 0 radical (unpaired) electrons. The number of rotatable bonds is 12. The lowest BCUT2D eigenvalue weighted by Crippen LogP contribution is -2.38. The van der Waals surface area contributed by atoms with E-state index in [2.05, 4.69) is 17.2 Å². The van der Waals surface area contributed by atoms with Crippen LogP contribution in [0.5, 0.6) is 11.5 Å². The van der Waals surface area contributed by atoms with Crippen LogP contribution in [0.1, 0.15) is 17.5 Å². The molecule has 0 fully saturated rings. The molecule has 0 aromatic heterocycles. The van der Waals surface area contributed by atoms with Gasteiger partial charge in [0.05, 0.1) is 7.11 Å². The van der Waals surface area contributed by atoms with Crippen molar-refractivity contribution in [3.8, 4) is 36.2 Å². The van der Waals surface area contributed by atoms with Crippen LogP contribution < -0.4 is 14.8 Å².